The van der Waals surface area contributed by atoms with Crippen LogP contribution in [0.2, 0.25) is 0 Å². The lowest BCUT2D eigenvalue weighted by molar-refractivity contribution is 0.206. The molecule has 2 N–H and O–H groups in total. The predicted octanol–water partition coefficient (Wildman–Crippen LogP) is 2.02. The van der Waals surface area contributed by atoms with Gasteiger partial charge in [0.15, 0.2) is 5.11 Å². The maximum atomic E-state index is 11.5. The molecule has 6 nitrogen and oxygen atoms in total. The normalized spacial score (nSPS) is 9.56. The van der Waals surface area contributed by atoms with Crippen LogP contribution in [0.4, 0.5) is 9.93 Å². The highest BCUT2D eigenvalue weighted by atomic mass is 32.1. The van der Waals surface area contributed by atoms with Crippen molar-refractivity contribution in [2.75, 3.05) is 5.32 Å². The predicted molar refractivity (Wildman–Crippen MR) is 71.7 cm³/mol. The number of rotatable bonds is 2. The third-order valence-corrected chi connectivity index (χ3v) is 2.56. The van der Waals surface area contributed by atoms with Crippen molar-refractivity contribution < 1.29 is 9.53 Å². The zero-order valence-electron chi connectivity index (χ0n) is 8.99. The number of hydrogen-bond acceptors (Lipinski definition) is 6. The first-order chi connectivity index (χ1) is 8.74. The second kappa shape index (κ2) is 6.03. The van der Waals surface area contributed by atoms with Crippen molar-refractivity contribution in [3.63, 3.8) is 0 Å². The molecule has 1 aromatic carbocycles. The molecule has 0 atom stereocenters. The number of carbonyl (C=O) groups is 1. The molecule has 0 radical (unpaired) electrons. The largest absolute Gasteiger partial charge is 0.418 e. The fourth-order valence-electron chi connectivity index (χ4n) is 1.07. The number of aromatic nitrogens is 2. The van der Waals surface area contributed by atoms with E-state index in [-0.39, 0.29) is 5.11 Å². The lowest BCUT2D eigenvalue weighted by Gasteiger charge is -2.07. The molecule has 0 aliphatic carbocycles. The number of nitrogens with zero attached hydrogens (tertiary/aromatic N) is 2. The highest BCUT2D eigenvalue weighted by molar-refractivity contribution is 7.80. The number of carbonyl (C=O) groups excluding carboxylic acids is 1. The van der Waals surface area contributed by atoms with Crippen LogP contribution in [0.25, 0.3) is 0 Å². The third-order valence-electron chi connectivity index (χ3n) is 1.75. The molecule has 0 aliphatic heterocycles. The van der Waals surface area contributed by atoms with Crippen molar-refractivity contribution in [1.29, 1.82) is 0 Å². The van der Waals surface area contributed by atoms with E-state index in [0.717, 1.165) is 0 Å². The van der Waals surface area contributed by atoms with Gasteiger partial charge in [-0.2, -0.15) is 0 Å². The molecule has 1 aromatic heterocycles. The number of thiocarbonyl (C=S) groups is 1. The smallest absolute Gasteiger partial charge is 0.410 e. The molecule has 0 bridgehead atoms. The Morgan fingerprint density at radius 1 is 1.33 bits per heavy atom. The van der Waals surface area contributed by atoms with Crippen LogP contribution in [0.5, 0.6) is 5.75 Å². The molecule has 92 valence electrons. The molecule has 0 unspecified atom stereocenters. The first-order valence-electron chi connectivity index (χ1n) is 4.85. The molecule has 1 amide bonds. The second-order valence-corrected chi connectivity index (χ2v) is 4.27. The van der Waals surface area contributed by atoms with Gasteiger partial charge in [0.25, 0.3) is 0 Å². The van der Waals surface area contributed by atoms with Gasteiger partial charge in [-0.3, -0.25) is 5.32 Å². The van der Waals surface area contributed by atoms with Crippen molar-refractivity contribution in [3.05, 3.63) is 35.8 Å². The maximum absolute atomic E-state index is 11.5. The minimum atomic E-state index is -0.664. The highest BCUT2D eigenvalue weighted by Crippen LogP contribution is 2.09. The molecule has 0 aliphatic rings. The SMILES string of the molecule is O=C(NC(=S)Nc1nncs1)Oc1ccccc1. The molecule has 0 saturated heterocycles. The minimum absolute atomic E-state index is 0.104. The Morgan fingerprint density at radius 2 is 2.11 bits per heavy atom. The number of amides is 1. The molecule has 8 heteroatoms. The van der Waals surface area contributed by atoms with Crippen LogP contribution in [0.15, 0.2) is 35.8 Å². The summed E-state index contributed by atoms with van der Waals surface area (Å²) in [6.45, 7) is 0. The Hall–Kier alpha value is -2.06. The van der Waals surface area contributed by atoms with Gasteiger partial charge in [-0.05, 0) is 24.4 Å². The van der Waals surface area contributed by atoms with E-state index in [9.17, 15) is 4.79 Å². The maximum Gasteiger partial charge on any atom is 0.418 e. The van der Waals surface area contributed by atoms with E-state index in [1.807, 2.05) is 6.07 Å². The number of hydrogen-bond donors (Lipinski definition) is 2. The zero-order valence-corrected chi connectivity index (χ0v) is 10.6. The standard InChI is InChI=1S/C10H8N4O2S2/c15-10(16-7-4-2-1-3-5-7)13-8(17)12-9-14-11-6-18-9/h1-6H,(H2,12,13,14,15,17). The van der Waals surface area contributed by atoms with Crippen LogP contribution < -0.4 is 15.4 Å². The van der Waals surface area contributed by atoms with Gasteiger partial charge in [-0.1, -0.05) is 29.5 Å². The van der Waals surface area contributed by atoms with Crippen LogP contribution in [0, 0.1) is 0 Å². The number of para-hydroxylation sites is 1. The summed E-state index contributed by atoms with van der Waals surface area (Å²) in [5, 5.41) is 13.0. The van der Waals surface area contributed by atoms with Crippen molar-refractivity contribution in [1.82, 2.24) is 15.5 Å². The van der Waals surface area contributed by atoms with E-state index in [0.29, 0.717) is 10.9 Å². The average Bonchev–Trinajstić information content (AvgIpc) is 2.82. The highest BCUT2D eigenvalue weighted by Gasteiger charge is 2.07. The average molecular weight is 280 g/mol. The molecule has 2 aromatic rings. The van der Waals surface area contributed by atoms with Gasteiger partial charge >= 0.3 is 6.09 Å². The summed E-state index contributed by atoms with van der Waals surface area (Å²) in [4.78, 5) is 11.5. The van der Waals surface area contributed by atoms with Crippen molar-refractivity contribution in [2.45, 2.75) is 0 Å². The number of benzene rings is 1. The molecular weight excluding hydrogens is 272 g/mol. The quantitative estimate of drug-likeness (QED) is 0.820. The Labute approximate surface area is 112 Å². The van der Waals surface area contributed by atoms with Gasteiger partial charge in [0, 0.05) is 0 Å². The fraction of sp³-hybridized carbons (Fsp3) is 0. The Morgan fingerprint density at radius 3 is 2.78 bits per heavy atom. The van der Waals surface area contributed by atoms with E-state index in [1.165, 1.54) is 11.3 Å². The number of nitrogens with one attached hydrogen (secondary N) is 2. The van der Waals surface area contributed by atoms with Crippen molar-refractivity contribution in [3.8, 4) is 5.75 Å². The first-order valence-corrected chi connectivity index (χ1v) is 6.14. The van der Waals surface area contributed by atoms with Crippen LogP contribution in [-0.2, 0) is 0 Å². The van der Waals surface area contributed by atoms with Gasteiger partial charge in [0.2, 0.25) is 5.13 Å². The van der Waals surface area contributed by atoms with E-state index in [2.05, 4.69) is 20.8 Å². The topological polar surface area (TPSA) is 76.1 Å². The summed E-state index contributed by atoms with van der Waals surface area (Å²) in [6, 6.07) is 8.69. The molecule has 0 saturated carbocycles. The van der Waals surface area contributed by atoms with Crippen molar-refractivity contribution >= 4 is 39.9 Å². The first kappa shape index (κ1) is 12.4. The second-order valence-electron chi connectivity index (χ2n) is 3.03. The molecule has 0 spiro atoms. The summed E-state index contributed by atoms with van der Waals surface area (Å²) in [5.41, 5.74) is 1.55. The van der Waals surface area contributed by atoms with Gasteiger partial charge in [-0.15, -0.1) is 10.2 Å². The molecule has 18 heavy (non-hydrogen) atoms. The molecule has 1 heterocycles. The van der Waals surface area contributed by atoms with Crippen LogP contribution in [0.3, 0.4) is 0 Å². The monoisotopic (exact) mass is 280 g/mol. The summed E-state index contributed by atoms with van der Waals surface area (Å²) in [5.74, 6) is 0.439. The Bertz CT molecular complexity index is 530. The summed E-state index contributed by atoms with van der Waals surface area (Å²) in [6.07, 6.45) is -0.664. The minimum Gasteiger partial charge on any atom is -0.410 e. The van der Waals surface area contributed by atoms with Crippen molar-refractivity contribution in [2.24, 2.45) is 0 Å². The van der Waals surface area contributed by atoms with Gasteiger partial charge in [0.05, 0.1) is 0 Å². The Kier molecular flexibility index (Phi) is 4.15. The fourth-order valence-corrected chi connectivity index (χ4v) is 1.76. The van der Waals surface area contributed by atoms with Crippen LogP contribution in [-0.4, -0.2) is 21.4 Å². The summed E-state index contributed by atoms with van der Waals surface area (Å²) in [7, 11) is 0. The molecular formula is C10H8N4O2S2. The van der Waals surface area contributed by atoms with E-state index in [1.54, 1.807) is 29.8 Å². The molecule has 0 fully saturated rings. The third kappa shape index (κ3) is 3.75. The Balaban J connectivity index is 1.82. The summed E-state index contributed by atoms with van der Waals surface area (Å²) >= 11 is 6.18. The van der Waals surface area contributed by atoms with E-state index < -0.39 is 6.09 Å². The number of anilines is 1. The van der Waals surface area contributed by atoms with Crippen LogP contribution >= 0.6 is 23.6 Å². The van der Waals surface area contributed by atoms with Gasteiger partial charge < -0.3 is 10.1 Å². The van der Waals surface area contributed by atoms with E-state index >= 15 is 0 Å². The lowest BCUT2D eigenvalue weighted by atomic mass is 10.3. The van der Waals surface area contributed by atoms with Gasteiger partial charge in [0.1, 0.15) is 11.3 Å². The molecule has 2 rings (SSSR count). The zero-order chi connectivity index (χ0) is 12.8. The van der Waals surface area contributed by atoms with Crippen LogP contribution in [0.1, 0.15) is 0 Å². The van der Waals surface area contributed by atoms with E-state index in [4.69, 9.17) is 17.0 Å². The summed E-state index contributed by atoms with van der Waals surface area (Å²) < 4.78 is 4.99. The number of ether oxygens (including phenoxy) is 1. The van der Waals surface area contributed by atoms with Gasteiger partial charge in [-0.25, -0.2) is 4.79 Å². The lowest BCUT2D eigenvalue weighted by Crippen LogP contribution is -2.36.